The number of alkyl halides is 3. The highest BCUT2D eigenvalue weighted by Crippen LogP contribution is 2.31. The minimum absolute atomic E-state index is 0.255. The highest BCUT2D eigenvalue weighted by atomic mass is 35.5. The fourth-order valence-corrected chi connectivity index (χ4v) is 1.47. The van der Waals surface area contributed by atoms with E-state index in [9.17, 15) is 18.0 Å². The highest BCUT2D eigenvalue weighted by molar-refractivity contribution is 6.38. The van der Waals surface area contributed by atoms with E-state index in [2.05, 4.69) is 9.97 Å². The maximum absolute atomic E-state index is 12.1. The minimum Gasteiger partial charge on any atom is -0.302 e. The molecule has 0 aliphatic heterocycles. The zero-order valence-electron chi connectivity index (χ0n) is 7.72. The summed E-state index contributed by atoms with van der Waals surface area (Å²) in [7, 11) is 0.881. The average molecular weight is 274 g/mol. The minimum atomic E-state index is -5.02. The fraction of sp³-hybridized carbons (Fsp3) is 0.286. The number of amides is 1. The van der Waals surface area contributed by atoms with Crippen LogP contribution in [0, 0.1) is 0 Å². The number of halogens is 5. The summed E-state index contributed by atoms with van der Waals surface area (Å²) < 4.78 is 36.4. The summed E-state index contributed by atoms with van der Waals surface area (Å²) in [5, 5.41) is -0.666. The number of rotatable bonds is 1. The molecule has 0 fully saturated rings. The third kappa shape index (κ3) is 2.53. The number of carbonyl (C=O) groups is 1. The molecule has 0 spiro atoms. The van der Waals surface area contributed by atoms with Gasteiger partial charge < -0.3 is 4.90 Å². The van der Waals surface area contributed by atoms with E-state index in [1.54, 1.807) is 0 Å². The van der Waals surface area contributed by atoms with Crippen LogP contribution in [0.5, 0.6) is 0 Å². The largest absolute Gasteiger partial charge is 0.471 e. The Morgan fingerprint density at radius 1 is 1.31 bits per heavy atom. The Morgan fingerprint density at radius 3 is 2.12 bits per heavy atom. The average Bonchev–Trinajstić information content (AvgIpc) is 2.14. The first-order valence-electron chi connectivity index (χ1n) is 3.76. The van der Waals surface area contributed by atoms with Crippen molar-refractivity contribution in [1.29, 1.82) is 0 Å². The summed E-state index contributed by atoms with van der Waals surface area (Å²) in [6.45, 7) is 0. The first kappa shape index (κ1) is 13.0. The van der Waals surface area contributed by atoms with Gasteiger partial charge in [-0.25, -0.2) is 9.97 Å². The van der Waals surface area contributed by atoms with Crippen molar-refractivity contribution in [2.45, 2.75) is 6.18 Å². The van der Waals surface area contributed by atoms with Crippen LogP contribution in [0.25, 0.3) is 0 Å². The molecule has 1 aromatic rings. The van der Waals surface area contributed by atoms with Gasteiger partial charge in [0.05, 0.1) is 0 Å². The lowest BCUT2D eigenvalue weighted by Gasteiger charge is -2.19. The predicted molar refractivity (Wildman–Crippen MR) is 51.5 cm³/mol. The van der Waals surface area contributed by atoms with Crippen LogP contribution >= 0.6 is 23.2 Å². The maximum Gasteiger partial charge on any atom is 0.471 e. The molecule has 1 heterocycles. The van der Waals surface area contributed by atoms with Gasteiger partial charge in [0.15, 0.2) is 10.3 Å². The van der Waals surface area contributed by atoms with Crippen molar-refractivity contribution in [2.75, 3.05) is 11.9 Å². The van der Waals surface area contributed by atoms with Gasteiger partial charge in [-0.1, -0.05) is 23.2 Å². The van der Waals surface area contributed by atoms with E-state index >= 15 is 0 Å². The molecule has 0 aromatic carbocycles. The van der Waals surface area contributed by atoms with Crippen molar-refractivity contribution in [2.24, 2.45) is 0 Å². The van der Waals surface area contributed by atoms with Gasteiger partial charge in [0.1, 0.15) is 12.0 Å². The van der Waals surface area contributed by atoms with Gasteiger partial charge >= 0.3 is 12.1 Å². The van der Waals surface area contributed by atoms with Crippen molar-refractivity contribution < 1.29 is 18.0 Å². The molecule has 0 saturated carbocycles. The molecule has 1 amide bonds. The van der Waals surface area contributed by atoms with Crippen molar-refractivity contribution in [3.8, 4) is 0 Å². The molecule has 0 bridgehead atoms. The van der Waals surface area contributed by atoms with Crippen LogP contribution in [0.3, 0.4) is 0 Å². The molecule has 0 radical (unpaired) electrons. The molecule has 1 rings (SSSR count). The van der Waals surface area contributed by atoms with Crippen LogP contribution in [-0.4, -0.2) is 29.1 Å². The number of anilines is 1. The molecule has 0 saturated heterocycles. The molecular formula is C7H4Cl2F3N3O. The van der Waals surface area contributed by atoms with Crippen molar-refractivity contribution in [3.63, 3.8) is 0 Å². The van der Waals surface area contributed by atoms with Gasteiger partial charge in [0.2, 0.25) is 0 Å². The Balaban J connectivity index is 3.15. The van der Waals surface area contributed by atoms with E-state index in [4.69, 9.17) is 23.2 Å². The van der Waals surface area contributed by atoms with Gasteiger partial charge in [-0.15, -0.1) is 0 Å². The molecule has 16 heavy (non-hydrogen) atoms. The van der Waals surface area contributed by atoms with Crippen LogP contribution in [0.1, 0.15) is 0 Å². The van der Waals surface area contributed by atoms with Crippen LogP contribution in [-0.2, 0) is 4.79 Å². The summed E-state index contributed by atoms with van der Waals surface area (Å²) in [5.41, 5.74) is -0.381. The van der Waals surface area contributed by atoms with Crippen LogP contribution in [0.4, 0.5) is 18.9 Å². The molecule has 9 heteroatoms. The fourth-order valence-electron chi connectivity index (χ4n) is 0.906. The van der Waals surface area contributed by atoms with E-state index < -0.39 is 12.1 Å². The predicted octanol–water partition coefficient (Wildman–Crippen LogP) is 2.31. The first-order chi connectivity index (χ1) is 7.25. The van der Waals surface area contributed by atoms with E-state index in [-0.39, 0.29) is 20.9 Å². The van der Waals surface area contributed by atoms with E-state index in [1.807, 2.05) is 0 Å². The number of hydrogen-bond acceptors (Lipinski definition) is 3. The summed E-state index contributed by atoms with van der Waals surface area (Å²) >= 11 is 11.0. The second-order valence-electron chi connectivity index (χ2n) is 2.67. The van der Waals surface area contributed by atoms with Crippen LogP contribution < -0.4 is 4.90 Å². The number of aromatic nitrogens is 2. The Morgan fingerprint density at radius 2 is 1.75 bits per heavy atom. The van der Waals surface area contributed by atoms with Gasteiger partial charge in [-0.2, -0.15) is 13.2 Å². The van der Waals surface area contributed by atoms with Crippen LogP contribution in [0.2, 0.25) is 10.3 Å². The smallest absolute Gasteiger partial charge is 0.302 e. The summed E-state index contributed by atoms with van der Waals surface area (Å²) in [6.07, 6.45) is -4.04. The van der Waals surface area contributed by atoms with Gasteiger partial charge in [-0.05, 0) is 0 Å². The Kier molecular flexibility index (Phi) is 3.59. The molecular weight excluding hydrogens is 270 g/mol. The van der Waals surface area contributed by atoms with Gasteiger partial charge in [-0.3, -0.25) is 4.79 Å². The molecule has 0 aliphatic carbocycles. The van der Waals surface area contributed by atoms with Crippen molar-refractivity contribution >= 4 is 34.8 Å². The number of carbonyl (C=O) groups excluding carboxylic acids is 1. The second kappa shape index (κ2) is 4.42. The highest BCUT2D eigenvalue weighted by Gasteiger charge is 2.42. The molecule has 0 atom stereocenters. The lowest BCUT2D eigenvalue weighted by molar-refractivity contribution is -0.170. The zero-order chi connectivity index (χ0) is 12.5. The Labute approximate surface area is 98.0 Å². The molecule has 0 aliphatic rings. The molecule has 88 valence electrons. The summed E-state index contributed by atoms with van der Waals surface area (Å²) in [6, 6.07) is 0. The standard InChI is InChI=1S/C7H4Cl2F3N3O/c1-15(6(16)7(10,11)12)3-4(8)13-2-14-5(3)9/h2H,1H3. The lowest BCUT2D eigenvalue weighted by atomic mass is 10.4. The molecule has 4 nitrogen and oxygen atoms in total. The van der Waals surface area contributed by atoms with E-state index in [0.717, 1.165) is 13.4 Å². The van der Waals surface area contributed by atoms with Crippen LogP contribution in [0.15, 0.2) is 6.33 Å². The normalized spacial score (nSPS) is 11.4. The topological polar surface area (TPSA) is 46.1 Å². The number of hydrogen-bond donors (Lipinski definition) is 0. The second-order valence-corrected chi connectivity index (χ2v) is 3.38. The van der Waals surface area contributed by atoms with E-state index in [1.165, 1.54) is 0 Å². The van der Waals surface area contributed by atoms with Gasteiger partial charge in [0, 0.05) is 7.05 Å². The number of nitrogens with zero attached hydrogens (tertiary/aromatic N) is 3. The third-order valence-electron chi connectivity index (χ3n) is 1.62. The zero-order valence-corrected chi connectivity index (χ0v) is 9.23. The quantitative estimate of drug-likeness (QED) is 0.738. The Bertz CT molecular complexity index is 404. The summed E-state index contributed by atoms with van der Waals surface area (Å²) in [4.78, 5) is 18.0. The van der Waals surface area contributed by atoms with Crippen molar-refractivity contribution in [1.82, 2.24) is 9.97 Å². The summed E-state index contributed by atoms with van der Waals surface area (Å²) in [5.74, 6) is -2.11. The Hall–Kier alpha value is -1.08. The molecule has 0 unspecified atom stereocenters. The molecule has 1 aromatic heterocycles. The molecule has 0 N–H and O–H groups in total. The maximum atomic E-state index is 12.1. The lowest BCUT2D eigenvalue weighted by Crippen LogP contribution is -2.39. The van der Waals surface area contributed by atoms with Gasteiger partial charge in [0.25, 0.3) is 0 Å². The SMILES string of the molecule is CN(C(=O)C(F)(F)F)c1c(Cl)ncnc1Cl. The third-order valence-corrected chi connectivity index (χ3v) is 2.17. The van der Waals surface area contributed by atoms with E-state index in [0.29, 0.717) is 0 Å². The van der Waals surface area contributed by atoms with Crippen molar-refractivity contribution in [3.05, 3.63) is 16.6 Å². The first-order valence-corrected chi connectivity index (χ1v) is 4.51. The monoisotopic (exact) mass is 273 g/mol.